The van der Waals surface area contributed by atoms with E-state index in [9.17, 15) is 0 Å². The smallest absolute Gasteiger partial charge is 0.0826 e. The Bertz CT molecular complexity index is 285. The summed E-state index contributed by atoms with van der Waals surface area (Å²) in [6.45, 7) is 11.3. The normalized spacial score (nSPS) is 33.3. The predicted octanol–water partition coefficient (Wildman–Crippen LogP) is 2.90. The van der Waals surface area contributed by atoms with Gasteiger partial charge in [-0.05, 0) is 44.1 Å². The Morgan fingerprint density at radius 1 is 1.20 bits per heavy atom. The molecule has 0 radical (unpaired) electrons. The lowest BCUT2D eigenvalue weighted by molar-refractivity contribution is -0.0203. The largest absolute Gasteiger partial charge is 0.374 e. The molecule has 1 N–H and O–H groups in total. The lowest BCUT2D eigenvalue weighted by Gasteiger charge is -2.39. The Hall–Kier alpha value is -0.120. The molecule has 2 fully saturated rings. The monoisotopic (exact) mass is 282 g/mol. The van der Waals surface area contributed by atoms with Crippen molar-refractivity contribution in [3.8, 4) is 0 Å². The summed E-state index contributed by atoms with van der Waals surface area (Å²) < 4.78 is 5.83. The van der Waals surface area contributed by atoms with Crippen molar-refractivity contribution in [3.63, 3.8) is 0 Å². The van der Waals surface area contributed by atoms with Crippen molar-refractivity contribution in [1.82, 2.24) is 10.2 Å². The standard InChI is InChI=1S/C17H34N2O/c1-5-17(2,3)14-6-8-15(9-7-14)18-12-16-13-19(4)10-11-20-16/h14-16,18H,5-13H2,1-4H3. The van der Waals surface area contributed by atoms with E-state index in [4.69, 9.17) is 4.74 Å². The highest BCUT2D eigenvalue weighted by Crippen LogP contribution is 2.40. The van der Waals surface area contributed by atoms with Gasteiger partial charge in [-0.2, -0.15) is 0 Å². The quantitative estimate of drug-likeness (QED) is 0.839. The molecule has 3 nitrogen and oxygen atoms in total. The highest BCUT2D eigenvalue weighted by molar-refractivity contribution is 4.85. The lowest BCUT2D eigenvalue weighted by atomic mass is 9.69. The fraction of sp³-hybridized carbons (Fsp3) is 1.00. The Morgan fingerprint density at radius 3 is 2.50 bits per heavy atom. The van der Waals surface area contributed by atoms with E-state index in [1.807, 2.05) is 0 Å². The molecule has 1 atom stereocenters. The van der Waals surface area contributed by atoms with Crippen LogP contribution in [0.4, 0.5) is 0 Å². The molecule has 1 aliphatic heterocycles. The van der Waals surface area contributed by atoms with Crippen molar-refractivity contribution in [1.29, 1.82) is 0 Å². The van der Waals surface area contributed by atoms with Crippen molar-refractivity contribution >= 4 is 0 Å². The first-order valence-corrected chi connectivity index (χ1v) is 8.55. The summed E-state index contributed by atoms with van der Waals surface area (Å²) in [5, 5.41) is 3.75. The van der Waals surface area contributed by atoms with Crippen molar-refractivity contribution in [2.45, 2.75) is 65.0 Å². The van der Waals surface area contributed by atoms with Crippen LogP contribution in [-0.4, -0.2) is 50.3 Å². The predicted molar refractivity (Wildman–Crippen MR) is 85.1 cm³/mol. The molecular weight excluding hydrogens is 248 g/mol. The molecule has 1 unspecified atom stereocenters. The van der Waals surface area contributed by atoms with Crippen molar-refractivity contribution in [2.24, 2.45) is 11.3 Å². The van der Waals surface area contributed by atoms with Gasteiger partial charge in [0.05, 0.1) is 12.7 Å². The number of rotatable bonds is 5. The van der Waals surface area contributed by atoms with Crippen LogP contribution in [0.3, 0.4) is 0 Å². The molecule has 0 amide bonds. The van der Waals surface area contributed by atoms with Gasteiger partial charge in [-0.3, -0.25) is 0 Å². The Labute approximate surface area is 125 Å². The van der Waals surface area contributed by atoms with E-state index >= 15 is 0 Å². The molecule has 3 heteroatoms. The van der Waals surface area contributed by atoms with E-state index in [1.54, 1.807) is 0 Å². The van der Waals surface area contributed by atoms with Crippen molar-refractivity contribution < 1.29 is 4.74 Å². The van der Waals surface area contributed by atoms with Gasteiger partial charge >= 0.3 is 0 Å². The number of hydrogen-bond acceptors (Lipinski definition) is 3. The Balaban J connectivity index is 1.67. The van der Waals surface area contributed by atoms with Gasteiger partial charge in [0, 0.05) is 25.7 Å². The number of ether oxygens (including phenoxy) is 1. The van der Waals surface area contributed by atoms with E-state index in [2.05, 4.69) is 38.0 Å². The second-order valence-electron chi connectivity index (χ2n) is 7.55. The van der Waals surface area contributed by atoms with Gasteiger partial charge in [0.1, 0.15) is 0 Å². The summed E-state index contributed by atoms with van der Waals surface area (Å²) in [5.41, 5.74) is 0.528. The number of nitrogens with zero attached hydrogens (tertiary/aromatic N) is 1. The number of nitrogens with one attached hydrogen (secondary N) is 1. The maximum atomic E-state index is 5.83. The van der Waals surface area contributed by atoms with Gasteiger partial charge in [-0.15, -0.1) is 0 Å². The average molecular weight is 282 g/mol. The Kier molecular flexibility index (Phi) is 5.88. The molecule has 118 valence electrons. The zero-order valence-electron chi connectivity index (χ0n) is 14.0. The number of morpholine rings is 1. The topological polar surface area (TPSA) is 24.5 Å². The van der Waals surface area contributed by atoms with Gasteiger partial charge in [-0.1, -0.05) is 27.2 Å². The highest BCUT2D eigenvalue weighted by atomic mass is 16.5. The molecule has 1 saturated carbocycles. The van der Waals surface area contributed by atoms with Gasteiger partial charge < -0.3 is 15.0 Å². The second kappa shape index (κ2) is 7.24. The zero-order valence-corrected chi connectivity index (χ0v) is 14.0. The van der Waals surface area contributed by atoms with Crippen LogP contribution in [0, 0.1) is 11.3 Å². The van der Waals surface area contributed by atoms with E-state index in [1.165, 1.54) is 32.1 Å². The summed E-state index contributed by atoms with van der Waals surface area (Å²) in [6.07, 6.45) is 7.16. The fourth-order valence-corrected chi connectivity index (χ4v) is 3.66. The minimum absolute atomic E-state index is 0.388. The first-order chi connectivity index (χ1) is 9.51. The zero-order chi connectivity index (χ0) is 14.6. The van der Waals surface area contributed by atoms with Crippen LogP contribution in [0.15, 0.2) is 0 Å². The summed E-state index contributed by atoms with van der Waals surface area (Å²) in [4.78, 5) is 2.37. The third-order valence-electron chi connectivity index (χ3n) is 5.72. The lowest BCUT2D eigenvalue weighted by Crippen LogP contribution is -2.47. The van der Waals surface area contributed by atoms with Gasteiger partial charge in [0.15, 0.2) is 0 Å². The average Bonchev–Trinajstić information content (AvgIpc) is 2.46. The molecule has 2 rings (SSSR count). The third-order valence-corrected chi connectivity index (χ3v) is 5.72. The number of likely N-dealkylation sites (N-methyl/N-ethyl adjacent to an activating group) is 1. The van der Waals surface area contributed by atoms with E-state index < -0.39 is 0 Å². The van der Waals surface area contributed by atoms with Crippen LogP contribution in [0.25, 0.3) is 0 Å². The Morgan fingerprint density at radius 2 is 1.90 bits per heavy atom. The third kappa shape index (κ3) is 4.44. The second-order valence-corrected chi connectivity index (χ2v) is 7.55. The van der Waals surface area contributed by atoms with Crippen LogP contribution in [-0.2, 0) is 4.74 Å². The van der Waals surface area contributed by atoms with Crippen LogP contribution in [0.1, 0.15) is 52.9 Å². The maximum Gasteiger partial charge on any atom is 0.0826 e. The van der Waals surface area contributed by atoms with Gasteiger partial charge in [0.25, 0.3) is 0 Å². The maximum absolute atomic E-state index is 5.83. The molecule has 0 aromatic rings. The van der Waals surface area contributed by atoms with Crippen molar-refractivity contribution in [2.75, 3.05) is 33.3 Å². The summed E-state index contributed by atoms with van der Waals surface area (Å²) in [5.74, 6) is 0.919. The highest BCUT2D eigenvalue weighted by Gasteiger charge is 2.31. The van der Waals surface area contributed by atoms with Crippen LogP contribution >= 0.6 is 0 Å². The van der Waals surface area contributed by atoms with Crippen LogP contribution in [0.5, 0.6) is 0 Å². The SMILES string of the molecule is CCC(C)(C)C1CCC(NCC2CN(C)CCO2)CC1. The minimum atomic E-state index is 0.388. The molecule has 20 heavy (non-hydrogen) atoms. The van der Waals surface area contributed by atoms with Crippen molar-refractivity contribution in [3.05, 3.63) is 0 Å². The molecule has 1 saturated heterocycles. The summed E-state index contributed by atoms with van der Waals surface area (Å²) in [6, 6.07) is 0.717. The summed E-state index contributed by atoms with van der Waals surface area (Å²) in [7, 11) is 2.19. The minimum Gasteiger partial charge on any atom is -0.374 e. The van der Waals surface area contributed by atoms with E-state index in [0.29, 0.717) is 11.5 Å². The first kappa shape index (κ1) is 16.3. The van der Waals surface area contributed by atoms with E-state index in [-0.39, 0.29) is 0 Å². The molecule has 0 bridgehead atoms. The first-order valence-electron chi connectivity index (χ1n) is 8.55. The van der Waals surface area contributed by atoms with E-state index in [0.717, 1.165) is 38.2 Å². The molecule has 2 aliphatic rings. The van der Waals surface area contributed by atoms with Crippen LogP contribution < -0.4 is 5.32 Å². The van der Waals surface area contributed by atoms with Gasteiger partial charge in [-0.25, -0.2) is 0 Å². The van der Waals surface area contributed by atoms with Crippen LogP contribution in [0.2, 0.25) is 0 Å². The molecular formula is C17H34N2O. The molecule has 1 heterocycles. The number of hydrogen-bond donors (Lipinski definition) is 1. The fourth-order valence-electron chi connectivity index (χ4n) is 3.66. The van der Waals surface area contributed by atoms with Gasteiger partial charge in [0.2, 0.25) is 0 Å². The molecule has 0 aromatic carbocycles. The molecule has 0 aromatic heterocycles. The molecule has 1 aliphatic carbocycles. The molecule has 0 spiro atoms. The summed E-state index contributed by atoms with van der Waals surface area (Å²) >= 11 is 0.